The van der Waals surface area contributed by atoms with Crippen molar-refractivity contribution in [1.29, 1.82) is 0 Å². The minimum absolute atomic E-state index is 0.0757. The Morgan fingerprint density at radius 2 is 1.56 bits per heavy atom. The van der Waals surface area contributed by atoms with E-state index in [9.17, 15) is 27.2 Å². The standard InChI is InChI=1S/C24H15F4N3O2S/c25-16-8-6-14(7-9-16)21(32)30-17-10-11-19(18(12-17)24(26,27)28)31-22(33)20-13-29-23(34-20)15-4-2-1-3-5-15/h1-13H,(H,30,32)(H,31,33). The van der Waals surface area contributed by atoms with Crippen molar-refractivity contribution in [2.24, 2.45) is 0 Å². The van der Waals surface area contributed by atoms with Crippen molar-refractivity contribution >= 4 is 34.5 Å². The van der Waals surface area contributed by atoms with E-state index in [1.54, 1.807) is 12.1 Å². The highest BCUT2D eigenvalue weighted by Gasteiger charge is 2.34. The van der Waals surface area contributed by atoms with E-state index in [-0.39, 0.29) is 16.1 Å². The number of anilines is 2. The van der Waals surface area contributed by atoms with Crippen molar-refractivity contribution < 1.29 is 27.2 Å². The molecule has 5 nitrogen and oxygen atoms in total. The fourth-order valence-electron chi connectivity index (χ4n) is 3.05. The van der Waals surface area contributed by atoms with Gasteiger partial charge >= 0.3 is 6.18 Å². The van der Waals surface area contributed by atoms with Crippen molar-refractivity contribution in [2.75, 3.05) is 10.6 Å². The van der Waals surface area contributed by atoms with Crippen LogP contribution in [0.3, 0.4) is 0 Å². The van der Waals surface area contributed by atoms with Gasteiger partial charge in [0.25, 0.3) is 11.8 Å². The predicted octanol–water partition coefficient (Wildman–Crippen LogP) is 6.47. The summed E-state index contributed by atoms with van der Waals surface area (Å²) in [6.45, 7) is 0. The van der Waals surface area contributed by atoms with Crippen molar-refractivity contribution in [3.8, 4) is 10.6 Å². The molecule has 10 heteroatoms. The maximum atomic E-state index is 13.7. The van der Waals surface area contributed by atoms with Gasteiger partial charge in [0.1, 0.15) is 15.7 Å². The summed E-state index contributed by atoms with van der Waals surface area (Å²) in [7, 11) is 0. The molecule has 0 atom stereocenters. The molecule has 2 amide bonds. The number of aromatic nitrogens is 1. The molecule has 4 aromatic rings. The van der Waals surface area contributed by atoms with Gasteiger partial charge in [-0.3, -0.25) is 9.59 Å². The van der Waals surface area contributed by atoms with Gasteiger partial charge in [0.15, 0.2) is 0 Å². The lowest BCUT2D eigenvalue weighted by molar-refractivity contribution is -0.136. The molecule has 0 aliphatic carbocycles. The second-order valence-corrected chi connectivity index (χ2v) is 8.10. The van der Waals surface area contributed by atoms with Gasteiger partial charge in [0, 0.05) is 16.8 Å². The molecule has 0 aliphatic rings. The van der Waals surface area contributed by atoms with Crippen molar-refractivity contribution in [2.45, 2.75) is 6.18 Å². The zero-order chi connectivity index (χ0) is 24.3. The number of nitrogens with zero attached hydrogens (tertiary/aromatic N) is 1. The number of benzene rings is 3. The van der Waals surface area contributed by atoms with Gasteiger partial charge in [-0.15, -0.1) is 11.3 Å². The normalized spacial score (nSPS) is 11.2. The molecule has 0 fully saturated rings. The van der Waals surface area contributed by atoms with Crippen LogP contribution in [0.2, 0.25) is 0 Å². The number of halogens is 4. The zero-order valence-corrected chi connectivity index (χ0v) is 18.0. The van der Waals surface area contributed by atoms with Gasteiger partial charge in [-0.2, -0.15) is 13.2 Å². The molecule has 2 N–H and O–H groups in total. The molecule has 0 radical (unpaired) electrons. The van der Waals surface area contributed by atoms with Crippen LogP contribution in [0.4, 0.5) is 28.9 Å². The molecule has 172 valence electrons. The number of hydrogen-bond donors (Lipinski definition) is 2. The van der Waals surface area contributed by atoms with E-state index >= 15 is 0 Å². The molecule has 3 aromatic carbocycles. The largest absolute Gasteiger partial charge is 0.418 e. The minimum Gasteiger partial charge on any atom is -0.322 e. The topological polar surface area (TPSA) is 71.1 Å². The van der Waals surface area contributed by atoms with E-state index in [4.69, 9.17) is 0 Å². The molecule has 0 saturated heterocycles. The highest BCUT2D eigenvalue weighted by atomic mass is 32.1. The maximum absolute atomic E-state index is 13.7. The number of nitrogens with one attached hydrogen (secondary N) is 2. The third-order valence-corrected chi connectivity index (χ3v) is 5.73. The van der Waals surface area contributed by atoms with Crippen LogP contribution in [0.5, 0.6) is 0 Å². The van der Waals surface area contributed by atoms with Crippen LogP contribution >= 0.6 is 11.3 Å². The van der Waals surface area contributed by atoms with E-state index in [1.165, 1.54) is 24.4 Å². The van der Waals surface area contributed by atoms with E-state index in [2.05, 4.69) is 15.6 Å². The number of carbonyl (C=O) groups excluding carboxylic acids is 2. The average Bonchev–Trinajstić information content (AvgIpc) is 3.31. The van der Waals surface area contributed by atoms with Gasteiger partial charge in [-0.25, -0.2) is 9.37 Å². The predicted molar refractivity (Wildman–Crippen MR) is 121 cm³/mol. The Bertz CT molecular complexity index is 1340. The van der Waals surface area contributed by atoms with Gasteiger partial charge < -0.3 is 10.6 Å². The molecule has 4 rings (SSSR count). The molecule has 0 spiro atoms. The number of amides is 2. The average molecular weight is 485 g/mol. The van der Waals surface area contributed by atoms with E-state index in [0.717, 1.165) is 41.2 Å². The highest BCUT2D eigenvalue weighted by Crippen LogP contribution is 2.37. The number of thiazole rings is 1. The van der Waals surface area contributed by atoms with Gasteiger partial charge in [-0.05, 0) is 42.5 Å². The molecule has 1 aromatic heterocycles. The van der Waals surface area contributed by atoms with Crippen LogP contribution in [-0.2, 0) is 6.18 Å². The summed E-state index contributed by atoms with van der Waals surface area (Å²) in [6, 6.07) is 16.6. The van der Waals surface area contributed by atoms with Crippen LogP contribution < -0.4 is 10.6 Å². The van der Waals surface area contributed by atoms with Gasteiger partial charge in [-0.1, -0.05) is 30.3 Å². The minimum atomic E-state index is -4.80. The fourth-order valence-corrected chi connectivity index (χ4v) is 3.86. The molecule has 0 saturated carbocycles. The SMILES string of the molecule is O=C(Nc1ccc(NC(=O)c2cnc(-c3ccccc3)s2)c(C(F)(F)F)c1)c1ccc(F)cc1. The Kier molecular flexibility index (Phi) is 6.42. The third-order valence-electron chi connectivity index (χ3n) is 4.69. The molecule has 0 bridgehead atoms. The lowest BCUT2D eigenvalue weighted by atomic mass is 10.1. The van der Waals surface area contributed by atoms with Crippen LogP contribution in [0.1, 0.15) is 25.6 Å². The number of hydrogen-bond acceptors (Lipinski definition) is 4. The van der Waals surface area contributed by atoms with E-state index in [0.29, 0.717) is 5.01 Å². The van der Waals surface area contributed by atoms with Gasteiger partial charge in [0.2, 0.25) is 0 Å². The summed E-state index contributed by atoms with van der Waals surface area (Å²) in [6.07, 6.45) is -3.50. The molecule has 34 heavy (non-hydrogen) atoms. The monoisotopic (exact) mass is 485 g/mol. The number of alkyl halides is 3. The first-order valence-electron chi connectivity index (χ1n) is 9.81. The molecule has 0 aliphatic heterocycles. The quantitative estimate of drug-likeness (QED) is 0.318. The Labute approximate surface area is 195 Å². The number of carbonyl (C=O) groups is 2. The second kappa shape index (κ2) is 9.44. The van der Waals surface area contributed by atoms with Crippen molar-refractivity contribution in [1.82, 2.24) is 4.98 Å². The van der Waals surface area contributed by atoms with Crippen molar-refractivity contribution in [3.63, 3.8) is 0 Å². The summed E-state index contributed by atoms with van der Waals surface area (Å²) in [4.78, 5) is 29.2. The lowest BCUT2D eigenvalue weighted by Gasteiger charge is -2.15. The lowest BCUT2D eigenvalue weighted by Crippen LogP contribution is -2.17. The van der Waals surface area contributed by atoms with Crippen LogP contribution in [0.15, 0.2) is 79.0 Å². The van der Waals surface area contributed by atoms with Crippen LogP contribution in [0.25, 0.3) is 10.6 Å². The van der Waals surface area contributed by atoms with Crippen LogP contribution in [0, 0.1) is 5.82 Å². The smallest absolute Gasteiger partial charge is 0.322 e. The highest BCUT2D eigenvalue weighted by molar-refractivity contribution is 7.17. The summed E-state index contributed by atoms with van der Waals surface area (Å²) in [5, 5.41) is 5.17. The van der Waals surface area contributed by atoms with Crippen LogP contribution in [-0.4, -0.2) is 16.8 Å². The third kappa shape index (κ3) is 5.29. The Hall–Kier alpha value is -4.05. The first kappa shape index (κ1) is 23.1. The van der Waals surface area contributed by atoms with Crippen molar-refractivity contribution in [3.05, 3.63) is 101 Å². The summed E-state index contributed by atoms with van der Waals surface area (Å²) in [5.74, 6) is -2.00. The van der Waals surface area contributed by atoms with E-state index in [1.807, 2.05) is 18.2 Å². The zero-order valence-electron chi connectivity index (χ0n) is 17.2. The first-order valence-corrected chi connectivity index (χ1v) is 10.6. The first-order chi connectivity index (χ1) is 16.2. The molecular formula is C24H15F4N3O2S. The number of rotatable bonds is 5. The summed E-state index contributed by atoms with van der Waals surface area (Å²) in [5.41, 5.74) is -0.878. The molecule has 0 unspecified atom stereocenters. The summed E-state index contributed by atoms with van der Waals surface area (Å²) < 4.78 is 54.1. The Morgan fingerprint density at radius 1 is 0.853 bits per heavy atom. The second-order valence-electron chi connectivity index (χ2n) is 7.07. The maximum Gasteiger partial charge on any atom is 0.418 e. The van der Waals surface area contributed by atoms with Gasteiger partial charge in [0.05, 0.1) is 17.4 Å². The van der Waals surface area contributed by atoms with E-state index < -0.39 is 35.1 Å². The fraction of sp³-hybridized carbons (Fsp3) is 0.0417. The Balaban J connectivity index is 1.55. The molecular weight excluding hydrogens is 470 g/mol. The Morgan fingerprint density at radius 3 is 2.24 bits per heavy atom. The summed E-state index contributed by atoms with van der Waals surface area (Å²) >= 11 is 1.05. The molecule has 1 heterocycles.